The molecular formula is C27H30F2N7O3S+. The maximum atomic E-state index is 15.5. The first kappa shape index (κ1) is 27.6. The number of aromatic nitrogens is 3. The standard InChI is InChI=1S/C27H29F2N7O3S/c1-4-35(3)40(38,39)33-22-7-6-21(28)24(25(22)29)26(37)20-15-32-27-19(20)13-18(16-34(27)2)17-5-8-23(31-14-17)36-11-9-30-10-12-36/h5-8,13-16,30,33H,4,9-12H2,1-3H3/p+1. The first-order chi connectivity index (χ1) is 19.1. The van der Waals surface area contributed by atoms with Gasteiger partial charge in [0.15, 0.2) is 5.82 Å². The molecular weight excluding hydrogens is 540 g/mol. The molecule has 1 aromatic carbocycles. The summed E-state index contributed by atoms with van der Waals surface area (Å²) < 4.78 is 60.0. The molecule has 0 amide bonds. The molecule has 13 heteroatoms. The lowest BCUT2D eigenvalue weighted by molar-refractivity contribution is -0.646. The van der Waals surface area contributed by atoms with Crippen LogP contribution in [0.2, 0.25) is 0 Å². The maximum absolute atomic E-state index is 15.5. The second-order valence-electron chi connectivity index (χ2n) is 9.58. The number of fused-ring (bicyclic) bond motifs is 1. The van der Waals surface area contributed by atoms with Crippen molar-refractivity contribution in [2.45, 2.75) is 6.92 Å². The van der Waals surface area contributed by atoms with Gasteiger partial charge in [0.05, 0.1) is 35.4 Å². The number of carbonyl (C=O) groups excluding carboxylic acids is 1. The number of hydrogen-bond donors (Lipinski definition) is 3. The van der Waals surface area contributed by atoms with Crippen LogP contribution >= 0.6 is 0 Å². The van der Waals surface area contributed by atoms with Crippen molar-refractivity contribution in [1.29, 1.82) is 0 Å². The molecule has 210 valence electrons. The second kappa shape index (κ2) is 10.9. The molecule has 0 spiro atoms. The van der Waals surface area contributed by atoms with E-state index in [2.05, 4.69) is 24.9 Å². The third kappa shape index (κ3) is 5.15. The first-order valence-corrected chi connectivity index (χ1v) is 14.2. The van der Waals surface area contributed by atoms with Gasteiger partial charge >= 0.3 is 10.2 Å². The van der Waals surface area contributed by atoms with Crippen molar-refractivity contribution >= 4 is 38.5 Å². The van der Waals surface area contributed by atoms with Gasteiger partial charge in [-0.25, -0.2) is 23.3 Å². The number of halogens is 2. The average molecular weight is 571 g/mol. The number of piperazine rings is 1. The number of benzene rings is 1. The molecule has 5 rings (SSSR count). The van der Waals surface area contributed by atoms with Crippen LogP contribution in [0, 0.1) is 11.6 Å². The number of aryl methyl sites for hydroxylation is 1. The molecule has 4 heterocycles. The van der Waals surface area contributed by atoms with Crippen LogP contribution < -0.4 is 19.5 Å². The molecule has 1 fully saturated rings. The topological polar surface area (TPSA) is 114 Å². The summed E-state index contributed by atoms with van der Waals surface area (Å²) in [5.41, 5.74) is 0.807. The molecule has 1 aliphatic heterocycles. The van der Waals surface area contributed by atoms with E-state index in [1.54, 1.807) is 30.8 Å². The summed E-state index contributed by atoms with van der Waals surface area (Å²) in [5.74, 6) is -2.44. The van der Waals surface area contributed by atoms with Crippen LogP contribution in [0.5, 0.6) is 0 Å². The Morgan fingerprint density at radius 1 is 1.18 bits per heavy atom. The van der Waals surface area contributed by atoms with E-state index in [-0.39, 0.29) is 12.1 Å². The second-order valence-corrected chi connectivity index (χ2v) is 11.4. The zero-order valence-corrected chi connectivity index (χ0v) is 23.1. The van der Waals surface area contributed by atoms with Crippen molar-refractivity contribution in [3.05, 3.63) is 71.7 Å². The molecule has 10 nitrogen and oxygen atoms in total. The summed E-state index contributed by atoms with van der Waals surface area (Å²) in [6, 6.07) is 7.47. The van der Waals surface area contributed by atoms with E-state index in [1.165, 1.54) is 13.2 Å². The number of carbonyl (C=O) groups is 1. The van der Waals surface area contributed by atoms with Gasteiger partial charge in [-0.1, -0.05) is 6.92 Å². The van der Waals surface area contributed by atoms with Gasteiger partial charge in [0.2, 0.25) is 5.78 Å². The number of nitrogens with zero attached hydrogens (tertiary/aromatic N) is 4. The zero-order valence-electron chi connectivity index (χ0n) is 22.3. The first-order valence-electron chi connectivity index (χ1n) is 12.8. The number of nitrogens with one attached hydrogen (secondary N) is 3. The van der Waals surface area contributed by atoms with Crippen molar-refractivity contribution in [2.75, 3.05) is 49.4 Å². The molecule has 0 radical (unpaired) electrons. The van der Waals surface area contributed by atoms with Crippen LogP contribution in [-0.2, 0) is 17.3 Å². The molecule has 3 aromatic heterocycles. The minimum Gasteiger partial charge on any atom is -0.354 e. The maximum Gasteiger partial charge on any atom is 0.301 e. The molecule has 0 bridgehead atoms. The SMILES string of the molecule is CCN(C)S(=O)(=O)Nc1ccc(F)c(C(=O)c2c[nH]c3c2cc(-c2ccc(N4CCNCC4)nc2)c[n+]3C)c1F. The molecule has 1 aliphatic rings. The third-order valence-corrected chi connectivity index (χ3v) is 8.62. The minimum absolute atomic E-state index is 0.0429. The summed E-state index contributed by atoms with van der Waals surface area (Å²) in [4.78, 5) is 23.3. The molecule has 0 saturated carbocycles. The monoisotopic (exact) mass is 570 g/mol. The van der Waals surface area contributed by atoms with Gasteiger partial charge in [-0.3, -0.25) is 9.52 Å². The van der Waals surface area contributed by atoms with Crippen LogP contribution in [-0.4, -0.2) is 68.2 Å². The van der Waals surface area contributed by atoms with Crippen molar-refractivity contribution in [3.8, 4) is 11.1 Å². The summed E-state index contributed by atoms with van der Waals surface area (Å²) in [7, 11) is -0.989. The fourth-order valence-electron chi connectivity index (χ4n) is 4.67. The Hall–Kier alpha value is -3.94. The van der Waals surface area contributed by atoms with Gasteiger partial charge in [-0.2, -0.15) is 12.7 Å². The van der Waals surface area contributed by atoms with E-state index in [9.17, 15) is 17.6 Å². The number of aromatic amines is 1. The van der Waals surface area contributed by atoms with Crippen LogP contribution in [0.15, 0.2) is 48.9 Å². The van der Waals surface area contributed by atoms with E-state index in [0.717, 1.165) is 59.6 Å². The average Bonchev–Trinajstić information content (AvgIpc) is 3.39. The molecule has 4 aromatic rings. The molecule has 0 unspecified atom stereocenters. The van der Waals surface area contributed by atoms with E-state index >= 15 is 4.39 Å². The Balaban J connectivity index is 1.51. The highest BCUT2D eigenvalue weighted by atomic mass is 32.2. The Kier molecular flexibility index (Phi) is 7.53. The zero-order chi connectivity index (χ0) is 28.6. The number of rotatable bonds is 8. The minimum atomic E-state index is -4.09. The van der Waals surface area contributed by atoms with E-state index in [0.29, 0.717) is 11.0 Å². The highest BCUT2D eigenvalue weighted by Crippen LogP contribution is 2.29. The molecule has 0 atom stereocenters. The van der Waals surface area contributed by atoms with Crippen LogP contribution in [0.25, 0.3) is 22.2 Å². The third-order valence-electron chi connectivity index (χ3n) is 7.06. The van der Waals surface area contributed by atoms with Crippen molar-refractivity contribution in [3.63, 3.8) is 0 Å². The number of hydrogen-bond acceptors (Lipinski definition) is 6. The summed E-state index contributed by atoms with van der Waals surface area (Å²) in [6.45, 7) is 5.27. The predicted octanol–water partition coefficient (Wildman–Crippen LogP) is 2.58. The largest absolute Gasteiger partial charge is 0.354 e. The highest BCUT2D eigenvalue weighted by molar-refractivity contribution is 7.90. The molecule has 1 saturated heterocycles. The van der Waals surface area contributed by atoms with Gasteiger partial charge < -0.3 is 10.2 Å². The summed E-state index contributed by atoms with van der Waals surface area (Å²) in [6.07, 6.45) is 5.02. The van der Waals surface area contributed by atoms with Crippen LogP contribution in [0.4, 0.5) is 20.3 Å². The van der Waals surface area contributed by atoms with Crippen molar-refractivity contribution in [2.24, 2.45) is 7.05 Å². The Bertz CT molecular complexity index is 1680. The number of ketones is 1. The Labute approximate surface area is 230 Å². The van der Waals surface area contributed by atoms with Gasteiger partial charge in [0, 0.05) is 57.1 Å². The van der Waals surface area contributed by atoms with E-state index < -0.39 is 38.9 Å². The van der Waals surface area contributed by atoms with E-state index in [1.807, 2.05) is 18.3 Å². The highest BCUT2D eigenvalue weighted by Gasteiger charge is 2.28. The fourth-order valence-corrected chi connectivity index (χ4v) is 5.60. The number of H-pyrrole nitrogens is 1. The fraction of sp³-hybridized carbons (Fsp3) is 0.296. The van der Waals surface area contributed by atoms with Gasteiger partial charge in [0.1, 0.15) is 17.8 Å². The van der Waals surface area contributed by atoms with E-state index in [4.69, 9.17) is 0 Å². The lowest BCUT2D eigenvalue weighted by Gasteiger charge is -2.28. The van der Waals surface area contributed by atoms with Crippen LogP contribution in [0.3, 0.4) is 0 Å². The number of anilines is 2. The van der Waals surface area contributed by atoms with Crippen molar-refractivity contribution < 1.29 is 26.6 Å². The summed E-state index contributed by atoms with van der Waals surface area (Å²) >= 11 is 0. The smallest absolute Gasteiger partial charge is 0.301 e. The lowest BCUT2D eigenvalue weighted by atomic mass is 10.00. The molecule has 3 N–H and O–H groups in total. The normalized spacial score (nSPS) is 14.2. The molecule has 0 aliphatic carbocycles. The van der Waals surface area contributed by atoms with Crippen LogP contribution in [0.1, 0.15) is 22.8 Å². The predicted molar refractivity (Wildman–Crippen MR) is 148 cm³/mol. The van der Waals surface area contributed by atoms with Gasteiger partial charge in [-0.15, -0.1) is 0 Å². The van der Waals surface area contributed by atoms with Gasteiger partial charge in [-0.05, 0) is 30.3 Å². The van der Waals surface area contributed by atoms with Gasteiger partial charge in [0.25, 0.3) is 5.65 Å². The Morgan fingerprint density at radius 2 is 1.93 bits per heavy atom. The van der Waals surface area contributed by atoms with Crippen molar-refractivity contribution in [1.82, 2.24) is 19.6 Å². The Morgan fingerprint density at radius 3 is 2.60 bits per heavy atom. The quantitative estimate of drug-likeness (QED) is 0.222. The lowest BCUT2D eigenvalue weighted by Crippen LogP contribution is -2.43. The molecule has 40 heavy (non-hydrogen) atoms. The number of pyridine rings is 2. The summed E-state index contributed by atoms with van der Waals surface area (Å²) in [5, 5.41) is 3.76.